The predicted octanol–water partition coefficient (Wildman–Crippen LogP) is 5.29. The molecule has 0 radical (unpaired) electrons. The van der Waals surface area contributed by atoms with Crippen LogP contribution >= 0.6 is 0 Å². The van der Waals surface area contributed by atoms with Gasteiger partial charge in [0.05, 0.1) is 11.7 Å². The van der Waals surface area contributed by atoms with Gasteiger partial charge < -0.3 is 19.3 Å². The molecular formula is C28H37N3O3. The lowest BCUT2D eigenvalue weighted by Gasteiger charge is -2.34. The number of nitrogens with zero attached hydrogens (tertiary/aromatic N) is 3. The molecule has 0 saturated carbocycles. The number of hydrogen-bond donors (Lipinski definition) is 1. The molecule has 1 aliphatic heterocycles. The molecule has 2 atom stereocenters. The van der Waals surface area contributed by atoms with E-state index in [9.17, 15) is 5.11 Å². The number of aliphatic hydroxyl groups excluding tert-OH is 1. The molecular weight excluding hydrogens is 426 g/mol. The smallest absolute Gasteiger partial charge is 0.232 e. The average molecular weight is 464 g/mol. The summed E-state index contributed by atoms with van der Waals surface area (Å²) in [5, 5.41) is 15.6. The zero-order chi connectivity index (χ0) is 23.8. The number of methoxy groups -OCH3 is 1. The Kier molecular flexibility index (Phi) is 8.74. The summed E-state index contributed by atoms with van der Waals surface area (Å²) in [7, 11) is 1.73. The van der Waals surface area contributed by atoms with Gasteiger partial charge in [0.25, 0.3) is 0 Å². The van der Waals surface area contributed by atoms with E-state index in [1.807, 2.05) is 48.5 Å². The Morgan fingerprint density at radius 1 is 1.12 bits per heavy atom. The third kappa shape index (κ3) is 6.06. The zero-order valence-electron chi connectivity index (χ0n) is 20.4. The average Bonchev–Trinajstić information content (AvgIpc) is 3.28. The maximum absolute atomic E-state index is 11.0. The number of piperidine rings is 1. The fraction of sp³-hybridized carbons (Fsp3) is 0.464. The minimum Gasteiger partial charge on any atom is -0.387 e. The molecule has 1 saturated heterocycles. The summed E-state index contributed by atoms with van der Waals surface area (Å²) >= 11 is 0. The van der Waals surface area contributed by atoms with Gasteiger partial charge in [0.1, 0.15) is 5.69 Å². The second-order valence-corrected chi connectivity index (χ2v) is 9.23. The van der Waals surface area contributed by atoms with Gasteiger partial charge in [-0.1, -0.05) is 65.8 Å². The van der Waals surface area contributed by atoms with E-state index in [1.165, 1.54) is 6.42 Å². The van der Waals surface area contributed by atoms with E-state index in [0.29, 0.717) is 25.7 Å². The third-order valence-electron chi connectivity index (χ3n) is 6.70. The fourth-order valence-corrected chi connectivity index (χ4v) is 4.81. The molecule has 1 aliphatic rings. The normalized spacial score (nSPS) is 17.3. The Labute approximate surface area is 203 Å². The highest BCUT2D eigenvalue weighted by molar-refractivity contribution is 5.68. The van der Waals surface area contributed by atoms with Gasteiger partial charge in [0.15, 0.2) is 0 Å². The van der Waals surface area contributed by atoms with Crippen LogP contribution < -0.4 is 4.90 Å². The van der Waals surface area contributed by atoms with Gasteiger partial charge in [0, 0.05) is 51.5 Å². The predicted molar refractivity (Wildman–Crippen MR) is 136 cm³/mol. The Hall–Kier alpha value is -2.67. The van der Waals surface area contributed by atoms with Crippen molar-refractivity contribution in [3.63, 3.8) is 0 Å². The molecule has 1 N–H and O–H groups in total. The van der Waals surface area contributed by atoms with Gasteiger partial charge in [-0.15, -0.1) is 0 Å². The second kappa shape index (κ2) is 12.2. The van der Waals surface area contributed by atoms with Gasteiger partial charge in [-0.05, 0) is 38.2 Å². The molecule has 0 bridgehead atoms. The summed E-state index contributed by atoms with van der Waals surface area (Å²) in [5.41, 5.74) is 3.97. The summed E-state index contributed by atoms with van der Waals surface area (Å²) in [6, 6.07) is 20.5. The Morgan fingerprint density at radius 2 is 1.85 bits per heavy atom. The first-order valence-corrected chi connectivity index (χ1v) is 12.4. The van der Waals surface area contributed by atoms with Crippen molar-refractivity contribution >= 4 is 5.88 Å². The minimum absolute atomic E-state index is 0.418. The van der Waals surface area contributed by atoms with E-state index in [4.69, 9.17) is 9.26 Å². The summed E-state index contributed by atoms with van der Waals surface area (Å²) in [6.45, 7) is 5.92. The summed E-state index contributed by atoms with van der Waals surface area (Å²) in [6.07, 6.45) is 3.89. The van der Waals surface area contributed by atoms with Crippen LogP contribution in [0, 0.1) is 0 Å². The van der Waals surface area contributed by atoms with E-state index >= 15 is 0 Å². The van der Waals surface area contributed by atoms with Crippen LogP contribution in [0.5, 0.6) is 0 Å². The van der Waals surface area contributed by atoms with E-state index in [2.05, 4.69) is 34.0 Å². The van der Waals surface area contributed by atoms with Crippen molar-refractivity contribution in [2.75, 3.05) is 38.3 Å². The molecule has 0 spiro atoms. The van der Waals surface area contributed by atoms with Crippen LogP contribution in [0.2, 0.25) is 0 Å². The molecule has 6 heteroatoms. The van der Waals surface area contributed by atoms with Crippen LogP contribution in [0.4, 0.5) is 5.88 Å². The van der Waals surface area contributed by atoms with Crippen molar-refractivity contribution in [1.82, 2.24) is 10.1 Å². The van der Waals surface area contributed by atoms with E-state index in [1.54, 1.807) is 7.11 Å². The Morgan fingerprint density at radius 3 is 2.56 bits per heavy atom. The van der Waals surface area contributed by atoms with E-state index in [0.717, 1.165) is 60.6 Å². The minimum atomic E-state index is -0.568. The highest BCUT2D eigenvalue weighted by atomic mass is 16.5. The largest absolute Gasteiger partial charge is 0.387 e. The van der Waals surface area contributed by atoms with Gasteiger partial charge in [-0.2, -0.15) is 0 Å². The lowest BCUT2D eigenvalue weighted by Crippen LogP contribution is -2.38. The van der Waals surface area contributed by atoms with Crippen LogP contribution in [0.15, 0.2) is 65.2 Å². The van der Waals surface area contributed by atoms with Crippen LogP contribution in [0.1, 0.15) is 49.8 Å². The maximum atomic E-state index is 11.0. The molecule has 1 fully saturated rings. The van der Waals surface area contributed by atoms with Gasteiger partial charge in [-0.3, -0.25) is 4.90 Å². The van der Waals surface area contributed by atoms with Crippen LogP contribution in [0.25, 0.3) is 11.3 Å². The van der Waals surface area contributed by atoms with Crippen molar-refractivity contribution in [2.45, 2.75) is 51.3 Å². The second-order valence-electron chi connectivity index (χ2n) is 9.23. The molecule has 4 rings (SSSR count). The van der Waals surface area contributed by atoms with Crippen LogP contribution in [-0.2, 0) is 11.3 Å². The van der Waals surface area contributed by atoms with Crippen LogP contribution in [0.3, 0.4) is 0 Å². The zero-order valence-corrected chi connectivity index (χ0v) is 20.4. The summed E-state index contributed by atoms with van der Waals surface area (Å²) < 4.78 is 11.4. The molecule has 6 nitrogen and oxygen atoms in total. The summed E-state index contributed by atoms with van der Waals surface area (Å²) in [4.78, 5) is 4.67. The third-order valence-corrected chi connectivity index (χ3v) is 6.70. The van der Waals surface area contributed by atoms with Gasteiger partial charge >= 0.3 is 0 Å². The van der Waals surface area contributed by atoms with E-state index in [-0.39, 0.29) is 0 Å². The van der Waals surface area contributed by atoms with Crippen LogP contribution in [-0.4, -0.2) is 54.6 Å². The first-order valence-electron chi connectivity index (χ1n) is 12.4. The SMILES string of the molecule is COCCCN(Cc1c(-c2ccccc2)noc1N1CCCCC1C)CC(O)c1ccccc1. The fourth-order valence-electron chi connectivity index (χ4n) is 4.81. The topological polar surface area (TPSA) is 62.0 Å². The number of aromatic nitrogens is 1. The quantitative estimate of drug-likeness (QED) is 0.390. The number of anilines is 1. The van der Waals surface area contributed by atoms with Crippen molar-refractivity contribution in [3.05, 3.63) is 71.8 Å². The standard InChI is InChI=1S/C28H37N3O3/c1-22-12-9-10-18-31(22)28-25(27(29-34-28)24-15-7-4-8-16-24)20-30(17-11-19-33-2)21-26(32)23-13-5-3-6-14-23/h3-8,13-16,22,26,32H,9-12,17-21H2,1-2H3. The molecule has 34 heavy (non-hydrogen) atoms. The molecule has 3 aromatic rings. The van der Waals surface area contributed by atoms with Gasteiger partial charge in [-0.25, -0.2) is 0 Å². The molecule has 2 heterocycles. The first-order chi connectivity index (χ1) is 16.7. The molecule has 2 aromatic carbocycles. The Balaban J connectivity index is 1.64. The highest BCUT2D eigenvalue weighted by Gasteiger charge is 2.29. The monoisotopic (exact) mass is 463 g/mol. The lowest BCUT2D eigenvalue weighted by atomic mass is 10.0. The maximum Gasteiger partial charge on any atom is 0.232 e. The molecule has 1 aromatic heterocycles. The van der Waals surface area contributed by atoms with Crippen molar-refractivity contribution in [3.8, 4) is 11.3 Å². The number of benzene rings is 2. The number of hydrogen-bond acceptors (Lipinski definition) is 6. The van der Waals surface area contributed by atoms with E-state index < -0.39 is 6.10 Å². The molecule has 0 aliphatic carbocycles. The van der Waals surface area contributed by atoms with Crippen molar-refractivity contribution < 1.29 is 14.4 Å². The highest BCUT2D eigenvalue weighted by Crippen LogP contribution is 2.35. The Bertz CT molecular complexity index is 993. The number of rotatable bonds is 11. The molecule has 182 valence electrons. The molecule has 0 amide bonds. The number of ether oxygens (including phenoxy) is 1. The van der Waals surface area contributed by atoms with Gasteiger partial charge in [0.2, 0.25) is 5.88 Å². The molecule has 2 unspecified atom stereocenters. The van der Waals surface area contributed by atoms with Crippen molar-refractivity contribution in [2.24, 2.45) is 0 Å². The summed E-state index contributed by atoms with van der Waals surface area (Å²) in [5.74, 6) is 0.872. The number of aliphatic hydroxyl groups is 1. The lowest BCUT2D eigenvalue weighted by molar-refractivity contribution is 0.0995. The first kappa shape index (κ1) is 24.5. The van der Waals surface area contributed by atoms with Crippen molar-refractivity contribution in [1.29, 1.82) is 0 Å².